The predicted octanol–water partition coefficient (Wildman–Crippen LogP) is 4.11. The van der Waals surface area contributed by atoms with Crippen molar-refractivity contribution in [1.29, 1.82) is 0 Å². The third-order valence-electron chi connectivity index (χ3n) is 4.07. The van der Waals surface area contributed by atoms with Crippen LogP contribution in [0.3, 0.4) is 0 Å². The summed E-state index contributed by atoms with van der Waals surface area (Å²) in [6.45, 7) is 5.11. The standard InChI is InChI=1S/C9H8BrNO4.C9H9NO4/c1-5-4-6-9(15-3-2-14-6)8(7(5)10)11(12)13;1-6-4-7(10(11)12)9-8(5-6)13-2-3-14-9/h4H,2-3H2,1H3;4-5H,2-3H2,1H3. The molecule has 0 bridgehead atoms. The van der Waals surface area contributed by atoms with Gasteiger partial charge in [-0.15, -0.1) is 0 Å². The first-order valence-electron chi connectivity index (χ1n) is 8.57. The van der Waals surface area contributed by atoms with Crippen molar-refractivity contribution in [3.05, 3.63) is 54.0 Å². The Hall–Kier alpha value is -3.08. The van der Waals surface area contributed by atoms with E-state index in [0.717, 1.165) is 11.1 Å². The molecule has 2 aromatic rings. The molecule has 29 heavy (non-hydrogen) atoms. The summed E-state index contributed by atoms with van der Waals surface area (Å²) in [4.78, 5) is 20.7. The number of rotatable bonds is 2. The maximum atomic E-state index is 10.9. The second-order valence-corrected chi connectivity index (χ2v) is 7.00. The van der Waals surface area contributed by atoms with Crippen LogP contribution in [0, 0.1) is 34.1 Å². The van der Waals surface area contributed by atoms with Crippen LogP contribution in [0.1, 0.15) is 11.1 Å². The summed E-state index contributed by atoms with van der Waals surface area (Å²) < 4.78 is 21.5. The van der Waals surface area contributed by atoms with Gasteiger partial charge in [-0.1, -0.05) is 0 Å². The fourth-order valence-corrected chi connectivity index (χ4v) is 3.28. The third-order valence-corrected chi connectivity index (χ3v) is 5.08. The molecular formula is C18H17BrN2O8. The van der Waals surface area contributed by atoms with Crippen molar-refractivity contribution in [2.45, 2.75) is 13.8 Å². The quantitative estimate of drug-likeness (QED) is 0.476. The summed E-state index contributed by atoms with van der Waals surface area (Å²) in [5.74, 6) is 1.35. The fraction of sp³-hybridized carbons (Fsp3) is 0.333. The van der Waals surface area contributed by atoms with Gasteiger partial charge in [0.25, 0.3) is 0 Å². The molecule has 4 rings (SSSR count). The zero-order valence-corrected chi connectivity index (χ0v) is 17.2. The maximum absolute atomic E-state index is 10.9. The van der Waals surface area contributed by atoms with Crippen LogP contribution in [0.4, 0.5) is 11.4 Å². The molecule has 0 aromatic heterocycles. The molecule has 0 radical (unpaired) electrons. The first-order valence-corrected chi connectivity index (χ1v) is 9.36. The van der Waals surface area contributed by atoms with Gasteiger partial charge < -0.3 is 18.9 Å². The molecule has 0 saturated carbocycles. The van der Waals surface area contributed by atoms with Crippen LogP contribution in [-0.2, 0) is 0 Å². The molecule has 2 aromatic carbocycles. The number of nitro groups is 2. The minimum Gasteiger partial charge on any atom is -0.486 e. The van der Waals surface area contributed by atoms with Crippen molar-refractivity contribution in [2.24, 2.45) is 0 Å². The maximum Gasteiger partial charge on any atom is 0.329 e. The molecule has 11 heteroatoms. The zero-order chi connectivity index (χ0) is 21.1. The first-order chi connectivity index (χ1) is 13.8. The highest BCUT2D eigenvalue weighted by molar-refractivity contribution is 9.10. The monoisotopic (exact) mass is 468 g/mol. The lowest BCUT2D eigenvalue weighted by Gasteiger charge is -2.19. The van der Waals surface area contributed by atoms with E-state index in [9.17, 15) is 20.2 Å². The molecule has 0 fully saturated rings. The van der Waals surface area contributed by atoms with E-state index in [2.05, 4.69) is 15.9 Å². The number of hydrogen-bond acceptors (Lipinski definition) is 8. The van der Waals surface area contributed by atoms with E-state index in [0.29, 0.717) is 42.4 Å². The predicted molar refractivity (Wildman–Crippen MR) is 105 cm³/mol. The minimum atomic E-state index is -0.468. The van der Waals surface area contributed by atoms with Gasteiger partial charge >= 0.3 is 11.4 Å². The van der Waals surface area contributed by atoms with Crippen LogP contribution in [0.2, 0.25) is 0 Å². The summed E-state index contributed by atoms with van der Waals surface area (Å²) in [5.41, 5.74) is 1.45. The highest BCUT2D eigenvalue weighted by atomic mass is 79.9. The minimum absolute atomic E-state index is 0.0281. The number of ether oxygens (including phenoxy) is 4. The molecule has 0 amide bonds. The molecule has 0 spiro atoms. The van der Waals surface area contributed by atoms with Crippen molar-refractivity contribution in [2.75, 3.05) is 26.4 Å². The Balaban J connectivity index is 0.000000166. The van der Waals surface area contributed by atoms with Gasteiger partial charge in [0.1, 0.15) is 30.9 Å². The van der Waals surface area contributed by atoms with Crippen molar-refractivity contribution in [3.63, 3.8) is 0 Å². The first kappa shape index (κ1) is 20.6. The molecule has 0 aliphatic carbocycles. The fourth-order valence-electron chi connectivity index (χ4n) is 2.84. The van der Waals surface area contributed by atoms with Crippen molar-refractivity contribution < 1.29 is 28.8 Å². The summed E-state index contributed by atoms with van der Waals surface area (Å²) >= 11 is 3.18. The third kappa shape index (κ3) is 4.34. The Morgan fingerprint density at radius 2 is 1.38 bits per heavy atom. The van der Waals surface area contributed by atoms with E-state index in [4.69, 9.17) is 18.9 Å². The van der Waals surface area contributed by atoms with Crippen LogP contribution in [0.25, 0.3) is 0 Å². The number of halogens is 1. The Morgan fingerprint density at radius 1 is 0.828 bits per heavy atom. The van der Waals surface area contributed by atoms with E-state index in [1.807, 2.05) is 0 Å². The van der Waals surface area contributed by atoms with Crippen LogP contribution in [-0.4, -0.2) is 36.3 Å². The van der Waals surface area contributed by atoms with E-state index >= 15 is 0 Å². The molecule has 2 aliphatic heterocycles. The summed E-state index contributed by atoms with van der Waals surface area (Å²) in [5, 5.41) is 21.6. The highest BCUT2D eigenvalue weighted by Crippen LogP contribution is 2.45. The largest absolute Gasteiger partial charge is 0.486 e. The molecule has 2 heterocycles. The zero-order valence-electron chi connectivity index (χ0n) is 15.6. The van der Waals surface area contributed by atoms with Gasteiger partial charge in [-0.05, 0) is 53.0 Å². The van der Waals surface area contributed by atoms with E-state index in [-0.39, 0.29) is 22.9 Å². The number of hydrogen-bond donors (Lipinski definition) is 0. The van der Waals surface area contributed by atoms with E-state index in [1.165, 1.54) is 6.07 Å². The average molecular weight is 469 g/mol. The van der Waals surface area contributed by atoms with Crippen LogP contribution in [0.5, 0.6) is 23.0 Å². The molecule has 10 nitrogen and oxygen atoms in total. The van der Waals surface area contributed by atoms with Gasteiger partial charge in [0.2, 0.25) is 11.5 Å². The molecule has 0 N–H and O–H groups in total. The van der Waals surface area contributed by atoms with Gasteiger partial charge in [0.15, 0.2) is 11.5 Å². The lowest BCUT2D eigenvalue weighted by Crippen LogP contribution is -2.16. The number of nitro benzene ring substituents is 2. The van der Waals surface area contributed by atoms with Crippen LogP contribution < -0.4 is 18.9 Å². The van der Waals surface area contributed by atoms with Crippen molar-refractivity contribution in [1.82, 2.24) is 0 Å². The number of aryl methyl sites for hydroxylation is 2. The summed E-state index contributed by atoms with van der Waals surface area (Å²) in [6.07, 6.45) is 0. The Labute approximate surface area is 173 Å². The second-order valence-electron chi connectivity index (χ2n) is 6.20. The molecule has 0 atom stereocenters. The molecule has 0 unspecified atom stereocenters. The smallest absolute Gasteiger partial charge is 0.329 e. The number of nitrogens with zero attached hydrogens (tertiary/aromatic N) is 2. The number of fused-ring (bicyclic) bond motifs is 2. The van der Waals surface area contributed by atoms with Gasteiger partial charge in [-0.2, -0.15) is 0 Å². The molecule has 2 aliphatic rings. The van der Waals surface area contributed by atoms with Gasteiger partial charge in [0, 0.05) is 6.07 Å². The normalized spacial score (nSPS) is 13.8. The average Bonchev–Trinajstić information content (AvgIpc) is 2.68. The highest BCUT2D eigenvalue weighted by Gasteiger charge is 2.28. The Bertz CT molecular complexity index is 979. The summed E-state index contributed by atoms with van der Waals surface area (Å²) in [6, 6.07) is 4.95. The molecule has 154 valence electrons. The summed E-state index contributed by atoms with van der Waals surface area (Å²) in [7, 11) is 0. The Kier molecular flexibility index (Phi) is 6.06. The lowest BCUT2D eigenvalue weighted by atomic mass is 10.2. The second kappa shape index (κ2) is 8.52. The molecular weight excluding hydrogens is 452 g/mol. The van der Waals surface area contributed by atoms with E-state index in [1.54, 1.807) is 26.0 Å². The lowest BCUT2D eigenvalue weighted by molar-refractivity contribution is -0.387. The molecule has 0 saturated heterocycles. The van der Waals surface area contributed by atoms with Crippen LogP contribution >= 0.6 is 15.9 Å². The van der Waals surface area contributed by atoms with Crippen LogP contribution in [0.15, 0.2) is 22.7 Å². The Morgan fingerprint density at radius 3 is 1.97 bits per heavy atom. The van der Waals surface area contributed by atoms with Crippen molar-refractivity contribution >= 4 is 27.3 Å². The van der Waals surface area contributed by atoms with E-state index < -0.39 is 9.85 Å². The topological polar surface area (TPSA) is 123 Å². The van der Waals surface area contributed by atoms with Gasteiger partial charge in [-0.25, -0.2) is 0 Å². The van der Waals surface area contributed by atoms with Crippen molar-refractivity contribution in [3.8, 4) is 23.0 Å². The van der Waals surface area contributed by atoms with Gasteiger partial charge in [0.05, 0.1) is 9.85 Å². The van der Waals surface area contributed by atoms with Gasteiger partial charge in [-0.3, -0.25) is 20.2 Å². The number of benzene rings is 2. The SMILES string of the molecule is Cc1cc2c(c([N+](=O)[O-])c1)OCCO2.Cc1cc2c(c([N+](=O)[O-])c1Br)OCCO2.